The number of nitrogen functional groups attached to an aromatic ring is 1. The third kappa shape index (κ3) is 1.66. The quantitative estimate of drug-likeness (QED) is 0.814. The van der Waals surface area contributed by atoms with Crippen LogP contribution in [0, 0.1) is 6.92 Å². The first-order valence-corrected chi connectivity index (χ1v) is 4.58. The first-order valence-electron chi connectivity index (χ1n) is 4.58. The van der Waals surface area contributed by atoms with E-state index in [0.29, 0.717) is 11.6 Å². The maximum atomic E-state index is 5.50. The topological polar surface area (TPSA) is 61.3 Å². The summed E-state index contributed by atoms with van der Waals surface area (Å²) in [5.41, 5.74) is 7.45. The molecule has 0 radical (unpaired) electrons. The molecule has 2 rings (SSSR count). The Morgan fingerprint density at radius 3 is 2.80 bits per heavy atom. The zero-order chi connectivity index (χ0) is 10.8. The number of methoxy groups -OCH3 is 1. The van der Waals surface area contributed by atoms with E-state index in [0.717, 1.165) is 16.9 Å². The van der Waals surface area contributed by atoms with Gasteiger partial charge in [0.2, 0.25) is 0 Å². The van der Waals surface area contributed by atoms with Gasteiger partial charge in [-0.3, -0.25) is 0 Å². The lowest BCUT2D eigenvalue weighted by atomic mass is 10.1. The van der Waals surface area contributed by atoms with Crippen molar-refractivity contribution < 1.29 is 9.26 Å². The minimum Gasteiger partial charge on any atom is -0.496 e. The number of hydrogen-bond acceptors (Lipinski definition) is 4. The highest BCUT2D eigenvalue weighted by atomic mass is 16.5. The summed E-state index contributed by atoms with van der Waals surface area (Å²) >= 11 is 0. The van der Waals surface area contributed by atoms with Crippen molar-refractivity contribution in [2.75, 3.05) is 12.8 Å². The minimum absolute atomic E-state index is 0.382. The van der Waals surface area contributed by atoms with Crippen molar-refractivity contribution in [2.45, 2.75) is 6.92 Å². The molecule has 4 nitrogen and oxygen atoms in total. The third-order valence-electron chi connectivity index (χ3n) is 2.30. The molecule has 0 unspecified atom stereocenters. The van der Waals surface area contributed by atoms with Crippen LogP contribution in [0.2, 0.25) is 0 Å². The molecule has 0 bridgehead atoms. The summed E-state index contributed by atoms with van der Waals surface area (Å²) < 4.78 is 10.3. The first-order chi connectivity index (χ1) is 7.22. The van der Waals surface area contributed by atoms with Crippen LogP contribution in [-0.2, 0) is 0 Å². The SMILES string of the molecule is COc1cccc(-c2cc(N)no2)c1C. The summed E-state index contributed by atoms with van der Waals surface area (Å²) in [4.78, 5) is 0. The van der Waals surface area contributed by atoms with E-state index in [1.807, 2.05) is 25.1 Å². The number of ether oxygens (including phenoxy) is 1. The van der Waals surface area contributed by atoms with Crippen LogP contribution in [0.3, 0.4) is 0 Å². The second-order valence-corrected chi connectivity index (χ2v) is 3.25. The molecular formula is C11H12N2O2. The number of nitrogens with zero attached hydrogens (tertiary/aromatic N) is 1. The van der Waals surface area contributed by atoms with Gasteiger partial charge in [-0.2, -0.15) is 0 Å². The molecule has 2 N–H and O–H groups in total. The molecule has 0 saturated heterocycles. The van der Waals surface area contributed by atoms with Crippen molar-refractivity contribution in [2.24, 2.45) is 0 Å². The number of anilines is 1. The zero-order valence-corrected chi connectivity index (χ0v) is 8.65. The lowest BCUT2D eigenvalue weighted by Gasteiger charge is -2.07. The summed E-state index contributed by atoms with van der Waals surface area (Å²) in [6.45, 7) is 1.97. The van der Waals surface area contributed by atoms with E-state index in [1.54, 1.807) is 13.2 Å². The van der Waals surface area contributed by atoms with E-state index in [1.165, 1.54) is 0 Å². The van der Waals surface area contributed by atoms with Crippen LogP contribution < -0.4 is 10.5 Å². The molecule has 1 aromatic carbocycles. The predicted octanol–water partition coefficient (Wildman–Crippen LogP) is 2.24. The molecule has 1 heterocycles. The Labute approximate surface area is 87.6 Å². The number of rotatable bonds is 2. The van der Waals surface area contributed by atoms with Crippen LogP contribution >= 0.6 is 0 Å². The second kappa shape index (κ2) is 3.65. The summed E-state index contributed by atoms with van der Waals surface area (Å²) in [6, 6.07) is 7.44. The van der Waals surface area contributed by atoms with E-state index in [-0.39, 0.29) is 0 Å². The van der Waals surface area contributed by atoms with Gasteiger partial charge in [0.05, 0.1) is 7.11 Å². The lowest BCUT2D eigenvalue weighted by molar-refractivity contribution is 0.410. The molecule has 15 heavy (non-hydrogen) atoms. The summed E-state index contributed by atoms with van der Waals surface area (Å²) in [6.07, 6.45) is 0. The van der Waals surface area contributed by atoms with Crippen molar-refractivity contribution in [3.63, 3.8) is 0 Å². The normalized spacial score (nSPS) is 10.3. The van der Waals surface area contributed by atoms with E-state index in [4.69, 9.17) is 15.0 Å². The van der Waals surface area contributed by atoms with Crippen LogP contribution in [0.25, 0.3) is 11.3 Å². The molecule has 0 aliphatic rings. The maximum Gasteiger partial charge on any atom is 0.169 e. The van der Waals surface area contributed by atoms with Crippen molar-refractivity contribution in [1.82, 2.24) is 5.16 Å². The second-order valence-electron chi connectivity index (χ2n) is 3.25. The van der Waals surface area contributed by atoms with Crippen molar-refractivity contribution >= 4 is 5.82 Å². The summed E-state index contributed by atoms with van der Waals surface area (Å²) in [5, 5.41) is 3.65. The fourth-order valence-electron chi connectivity index (χ4n) is 1.52. The number of benzene rings is 1. The van der Waals surface area contributed by atoms with E-state index >= 15 is 0 Å². The van der Waals surface area contributed by atoms with Crippen LogP contribution in [0.15, 0.2) is 28.8 Å². The first kappa shape index (κ1) is 9.58. The highest BCUT2D eigenvalue weighted by molar-refractivity contribution is 5.66. The minimum atomic E-state index is 0.382. The van der Waals surface area contributed by atoms with Crippen LogP contribution in [0.5, 0.6) is 5.75 Å². The van der Waals surface area contributed by atoms with E-state index in [9.17, 15) is 0 Å². The van der Waals surface area contributed by atoms with Gasteiger partial charge in [-0.05, 0) is 13.0 Å². The average molecular weight is 204 g/mol. The maximum absolute atomic E-state index is 5.50. The number of aromatic nitrogens is 1. The molecule has 0 saturated carbocycles. The van der Waals surface area contributed by atoms with Gasteiger partial charge in [-0.15, -0.1) is 0 Å². The summed E-state index contributed by atoms with van der Waals surface area (Å²) in [7, 11) is 1.64. The molecule has 2 aromatic rings. The van der Waals surface area contributed by atoms with Crippen LogP contribution in [-0.4, -0.2) is 12.3 Å². The number of hydrogen-bond donors (Lipinski definition) is 1. The fourth-order valence-corrected chi connectivity index (χ4v) is 1.52. The Hall–Kier alpha value is -1.97. The molecule has 78 valence electrons. The average Bonchev–Trinajstić information content (AvgIpc) is 2.65. The Morgan fingerprint density at radius 1 is 1.40 bits per heavy atom. The number of nitrogens with two attached hydrogens (primary N) is 1. The van der Waals surface area contributed by atoms with E-state index < -0.39 is 0 Å². The fraction of sp³-hybridized carbons (Fsp3) is 0.182. The van der Waals surface area contributed by atoms with Gasteiger partial charge in [-0.1, -0.05) is 17.3 Å². The smallest absolute Gasteiger partial charge is 0.169 e. The standard InChI is InChI=1S/C11H12N2O2/c1-7-8(4-3-5-9(7)14-2)10-6-11(12)13-15-10/h3-6H,1-2H3,(H2,12,13). The lowest BCUT2D eigenvalue weighted by Crippen LogP contribution is -1.89. The predicted molar refractivity (Wildman–Crippen MR) is 57.6 cm³/mol. The summed E-state index contributed by atoms with van der Waals surface area (Å²) in [5.74, 6) is 1.86. The molecule has 0 aliphatic carbocycles. The van der Waals surface area contributed by atoms with Crippen LogP contribution in [0.4, 0.5) is 5.82 Å². The highest BCUT2D eigenvalue weighted by Crippen LogP contribution is 2.30. The zero-order valence-electron chi connectivity index (χ0n) is 8.65. The van der Waals surface area contributed by atoms with Gasteiger partial charge in [0.1, 0.15) is 5.75 Å². The Bertz CT molecular complexity index is 477. The largest absolute Gasteiger partial charge is 0.496 e. The molecule has 0 fully saturated rings. The van der Waals surface area contributed by atoms with Gasteiger partial charge in [0.15, 0.2) is 11.6 Å². The monoisotopic (exact) mass is 204 g/mol. The van der Waals surface area contributed by atoms with Crippen molar-refractivity contribution in [1.29, 1.82) is 0 Å². The Kier molecular flexibility index (Phi) is 2.33. The Balaban J connectivity index is 2.53. The van der Waals surface area contributed by atoms with Crippen molar-refractivity contribution in [3.05, 3.63) is 29.8 Å². The molecule has 0 amide bonds. The van der Waals surface area contributed by atoms with Gasteiger partial charge in [0.25, 0.3) is 0 Å². The van der Waals surface area contributed by atoms with Gasteiger partial charge in [0, 0.05) is 17.2 Å². The van der Waals surface area contributed by atoms with Gasteiger partial charge < -0.3 is 15.0 Å². The molecule has 0 atom stereocenters. The highest BCUT2D eigenvalue weighted by Gasteiger charge is 2.10. The van der Waals surface area contributed by atoms with Crippen molar-refractivity contribution in [3.8, 4) is 17.1 Å². The van der Waals surface area contributed by atoms with Gasteiger partial charge >= 0.3 is 0 Å². The molecular weight excluding hydrogens is 192 g/mol. The Morgan fingerprint density at radius 2 is 2.20 bits per heavy atom. The molecule has 0 aliphatic heterocycles. The molecule has 4 heteroatoms. The van der Waals surface area contributed by atoms with Gasteiger partial charge in [-0.25, -0.2) is 0 Å². The third-order valence-corrected chi connectivity index (χ3v) is 2.30. The van der Waals surface area contributed by atoms with E-state index in [2.05, 4.69) is 5.16 Å². The molecule has 0 spiro atoms. The van der Waals surface area contributed by atoms with Crippen LogP contribution in [0.1, 0.15) is 5.56 Å². The molecule has 1 aromatic heterocycles.